The summed E-state index contributed by atoms with van der Waals surface area (Å²) in [5, 5.41) is 34.2. The highest BCUT2D eigenvalue weighted by molar-refractivity contribution is 6.34. The number of nitriles is 2. The van der Waals surface area contributed by atoms with Gasteiger partial charge in [-0.15, -0.1) is 0 Å². The lowest BCUT2D eigenvalue weighted by Crippen LogP contribution is -2.15. The Hall–Kier alpha value is -3.88. The van der Waals surface area contributed by atoms with Crippen molar-refractivity contribution in [1.29, 1.82) is 10.5 Å². The Morgan fingerprint density at radius 2 is 1.92 bits per heavy atom. The van der Waals surface area contributed by atoms with E-state index in [9.17, 15) is 14.9 Å². The van der Waals surface area contributed by atoms with Crippen LogP contribution in [-0.4, -0.2) is 10.8 Å². The van der Waals surface area contributed by atoms with E-state index in [1.807, 2.05) is 6.07 Å². The summed E-state index contributed by atoms with van der Waals surface area (Å²) in [7, 11) is 0. The van der Waals surface area contributed by atoms with Crippen LogP contribution in [0.3, 0.4) is 0 Å². The van der Waals surface area contributed by atoms with Crippen molar-refractivity contribution in [1.82, 2.24) is 0 Å². The maximum Gasteiger partial charge on any atom is 0.271 e. The van der Waals surface area contributed by atoms with Gasteiger partial charge in [-0.3, -0.25) is 14.9 Å². The molecule has 0 heterocycles. The molecule has 0 fully saturated rings. The number of benzene rings is 2. The molecule has 0 atom stereocenters. The molecule has 0 unspecified atom stereocenters. The molecule has 0 bridgehead atoms. The van der Waals surface area contributed by atoms with Gasteiger partial charge >= 0.3 is 0 Å². The van der Waals surface area contributed by atoms with Crippen molar-refractivity contribution in [3.63, 3.8) is 0 Å². The lowest BCUT2D eigenvalue weighted by atomic mass is 10.2. The predicted molar refractivity (Wildman–Crippen MR) is 95.2 cm³/mol. The van der Waals surface area contributed by atoms with Crippen molar-refractivity contribution in [3.8, 4) is 12.1 Å². The van der Waals surface area contributed by atoms with Crippen molar-refractivity contribution in [2.75, 3.05) is 10.6 Å². The number of nitrogens with zero attached hydrogens (tertiary/aromatic N) is 3. The summed E-state index contributed by atoms with van der Waals surface area (Å²) in [6, 6.07) is 13.8. The summed E-state index contributed by atoms with van der Waals surface area (Å²) in [6.07, 6.45) is 1.14. The maximum absolute atomic E-state index is 12.2. The number of nitrogens with one attached hydrogen (secondary N) is 2. The van der Waals surface area contributed by atoms with E-state index in [4.69, 9.17) is 22.1 Å². The molecular weight excluding hydrogens is 358 g/mol. The molecule has 0 aliphatic carbocycles. The molecule has 26 heavy (non-hydrogen) atoms. The number of non-ortho nitro benzene ring substituents is 1. The second-order valence-corrected chi connectivity index (χ2v) is 5.25. The van der Waals surface area contributed by atoms with Gasteiger partial charge < -0.3 is 10.6 Å². The van der Waals surface area contributed by atoms with Crippen molar-refractivity contribution < 1.29 is 9.72 Å². The number of carbonyl (C=O) groups excluding carboxylic acids is 1. The minimum atomic E-state index is -0.808. The quantitative estimate of drug-likeness (QED) is 0.359. The summed E-state index contributed by atoms with van der Waals surface area (Å²) in [5.74, 6) is -0.808. The van der Waals surface area contributed by atoms with Crippen LogP contribution in [0, 0.1) is 32.8 Å². The van der Waals surface area contributed by atoms with Gasteiger partial charge in [-0.2, -0.15) is 10.5 Å². The van der Waals surface area contributed by atoms with E-state index in [0.29, 0.717) is 11.3 Å². The number of hydrogen-bond donors (Lipinski definition) is 2. The molecule has 2 N–H and O–H groups in total. The van der Waals surface area contributed by atoms with Crippen molar-refractivity contribution in [2.45, 2.75) is 0 Å². The Balaban J connectivity index is 2.22. The first-order valence-corrected chi connectivity index (χ1v) is 7.45. The molecule has 0 saturated heterocycles. The SMILES string of the molecule is N#C/C(=C/Nc1ccccc1C#N)C(=O)Nc1cc([N+](=O)[O-])ccc1Cl. The van der Waals surface area contributed by atoms with E-state index in [0.717, 1.165) is 12.3 Å². The highest BCUT2D eigenvalue weighted by atomic mass is 35.5. The number of nitro benzene ring substituents is 1. The predicted octanol–water partition coefficient (Wildman–Crippen LogP) is 3.58. The summed E-state index contributed by atoms with van der Waals surface area (Å²) in [5.41, 5.74) is 0.199. The highest BCUT2D eigenvalue weighted by Crippen LogP contribution is 2.27. The molecule has 2 aromatic carbocycles. The molecule has 0 saturated carbocycles. The number of carbonyl (C=O) groups is 1. The number of hydrogen-bond acceptors (Lipinski definition) is 6. The van der Waals surface area contributed by atoms with E-state index in [1.165, 1.54) is 12.1 Å². The molecule has 1 amide bonds. The van der Waals surface area contributed by atoms with Crippen molar-refractivity contribution in [3.05, 3.63) is 74.9 Å². The van der Waals surface area contributed by atoms with E-state index in [2.05, 4.69) is 10.6 Å². The minimum absolute atomic E-state index is 0.00411. The summed E-state index contributed by atoms with van der Waals surface area (Å²) < 4.78 is 0. The Bertz CT molecular complexity index is 989. The molecule has 2 aromatic rings. The van der Waals surface area contributed by atoms with Gasteiger partial charge in [0.1, 0.15) is 17.7 Å². The fourth-order valence-electron chi connectivity index (χ4n) is 1.92. The fourth-order valence-corrected chi connectivity index (χ4v) is 2.08. The Morgan fingerprint density at radius 1 is 1.19 bits per heavy atom. The normalized spacial score (nSPS) is 10.3. The number of halogens is 1. The van der Waals surface area contributed by atoms with Crippen LogP contribution in [0.25, 0.3) is 0 Å². The zero-order valence-electron chi connectivity index (χ0n) is 13.1. The van der Waals surface area contributed by atoms with Crippen molar-refractivity contribution in [2.24, 2.45) is 0 Å². The fraction of sp³-hybridized carbons (Fsp3) is 0. The zero-order valence-corrected chi connectivity index (χ0v) is 13.8. The molecule has 8 nitrogen and oxygen atoms in total. The molecule has 0 aromatic heterocycles. The molecule has 128 valence electrons. The van der Waals surface area contributed by atoms with Gasteiger partial charge in [-0.05, 0) is 18.2 Å². The number of amides is 1. The topological polar surface area (TPSA) is 132 Å². The number of anilines is 2. The standard InChI is InChI=1S/C17H10ClN5O3/c18-14-6-5-13(23(25)26)7-16(14)22-17(24)12(9-20)10-21-15-4-2-1-3-11(15)8-19/h1-7,10,21H,(H,22,24)/b12-10-. The zero-order chi connectivity index (χ0) is 19.1. The summed E-state index contributed by atoms with van der Waals surface area (Å²) in [4.78, 5) is 22.4. The second-order valence-electron chi connectivity index (χ2n) is 4.85. The first kappa shape index (κ1) is 18.5. The number of nitro groups is 1. The van der Waals surface area contributed by atoms with E-state index in [1.54, 1.807) is 30.3 Å². The van der Waals surface area contributed by atoms with Gasteiger partial charge in [0, 0.05) is 18.3 Å². The third-order valence-electron chi connectivity index (χ3n) is 3.19. The third kappa shape index (κ3) is 4.35. The Kier molecular flexibility index (Phi) is 5.88. The van der Waals surface area contributed by atoms with Gasteiger partial charge in [-0.25, -0.2) is 0 Å². The summed E-state index contributed by atoms with van der Waals surface area (Å²) in [6.45, 7) is 0. The smallest absolute Gasteiger partial charge is 0.271 e. The Labute approximate surface area is 153 Å². The molecule has 9 heteroatoms. The monoisotopic (exact) mass is 367 g/mol. The van der Waals surface area contributed by atoms with Crippen LogP contribution in [0.4, 0.5) is 17.1 Å². The van der Waals surface area contributed by atoms with Crippen LogP contribution in [0.5, 0.6) is 0 Å². The van der Waals surface area contributed by atoms with Gasteiger partial charge in [0.05, 0.1) is 26.9 Å². The van der Waals surface area contributed by atoms with Gasteiger partial charge in [0.25, 0.3) is 11.6 Å². The lowest BCUT2D eigenvalue weighted by molar-refractivity contribution is -0.384. The molecule has 0 aliphatic rings. The Morgan fingerprint density at radius 3 is 2.58 bits per heavy atom. The van der Waals surface area contributed by atoms with Crippen LogP contribution in [0.1, 0.15) is 5.56 Å². The average molecular weight is 368 g/mol. The lowest BCUT2D eigenvalue weighted by Gasteiger charge is -2.07. The first-order valence-electron chi connectivity index (χ1n) is 7.07. The van der Waals surface area contributed by atoms with Crippen LogP contribution < -0.4 is 10.6 Å². The second kappa shape index (κ2) is 8.29. The summed E-state index contributed by atoms with van der Waals surface area (Å²) >= 11 is 5.91. The van der Waals surface area contributed by atoms with Crippen LogP contribution in [0.15, 0.2) is 54.2 Å². The largest absolute Gasteiger partial charge is 0.359 e. The number of rotatable bonds is 5. The van der Waals surface area contributed by atoms with Gasteiger partial charge in [0.15, 0.2) is 0 Å². The highest BCUT2D eigenvalue weighted by Gasteiger charge is 2.15. The van der Waals surface area contributed by atoms with Crippen molar-refractivity contribution >= 4 is 34.6 Å². The van der Waals surface area contributed by atoms with Gasteiger partial charge in [0.2, 0.25) is 0 Å². The van der Waals surface area contributed by atoms with Gasteiger partial charge in [-0.1, -0.05) is 23.7 Å². The molecule has 2 rings (SSSR count). The average Bonchev–Trinajstić information content (AvgIpc) is 2.64. The third-order valence-corrected chi connectivity index (χ3v) is 3.52. The molecule has 0 spiro atoms. The molecule has 0 aliphatic heterocycles. The maximum atomic E-state index is 12.2. The van der Waals surface area contributed by atoms with E-state index >= 15 is 0 Å². The van der Waals surface area contributed by atoms with Crippen LogP contribution in [0.2, 0.25) is 5.02 Å². The van der Waals surface area contributed by atoms with E-state index < -0.39 is 10.8 Å². The molecular formula is C17H10ClN5O3. The van der Waals surface area contributed by atoms with E-state index in [-0.39, 0.29) is 22.0 Å². The van der Waals surface area contributed by atoms with Crippen LogP contribution in [-0.2, 0) is 4.79 Å². The number of para-hydroxylation sites is 1. The van der Waals surface area contributed by atoms with Crippen LogP contribution >= 0.6 is 11.6 Å². The first-order chi connectivity index (χ1) is 12.5. The molecule has 0 radical (unpaired) electrons. The minimum Gasteiger partial charge on any atom is -0.359 e.